The third-order valence-electron chi connectivity index (χ3n) is 5.98. The van der Waals surface area contributed by atoms with Crippen LogP contribution >= 0.6 is 0 Å². The standard InChI is InChI=1S/C22H22F3NO4/c23-22(24,25)17-9-14-8-16(20(28)29)18(27)4-7-26-21(5-1-6-21)11-15(14)10-19(17)30-12-13-2-3-13/h4,7-10,13,26H,1-3,5-6,11-12H2,(H,28,29)/b7-4-,16-8+. The molecule has 0 bridgehead atoms. The first kappa shape index (κ1) is 20.5. The number of hydrogen-bond donors (Lipinski definition) is 2. The Morgan fingerprint density at radius 1 is 1.27 bits per heavy atom. The molecule has 30 heavy (non-hydrogen) atoms. The zero-order valence-electron chi connectivity index (χ0n) is 16.2. The maximum Gasteiger partial charge on any atom is 0.419 e. The lowest BCUT2D eigenvalue weighted by Crippen LogP contribution is -2.50. The summed E-state index contributed by atoms with van der Waals surface area (Å²) in [7, 11) is 0. The molecule has 1 aromatic carbocycles. The van der Waals surface area contributed by atoms with Crippen LogP contribution in [0.15, 0.2) is 30.0 Å². The molecule has 1 aliphatic heterocycles. The van der Waals surface area contributed by atoms with Crippen LogP contribution in [0, 0.1) is 5.92 Å². The van der Waals surface area contributed by atoms with Gasteiger partial charge in [0.2, 0.25) is 0 Å². The van der Waals surface area contributed by atoms with Crippen molar-refractivity contribution in [3.05, 3.63) is 46.7 Å². The molecule has 2 N–H and O–H groups in total. The van der Waals surface area contributed by atoms with E-state index < -0.39 is 29.1 Å². The van der Waals surface area contributed by atoms with Crippen LogP contribution in [0.2, 0.25) is 0 Å². The van der Waals surface area contributed by atoms with Crippen LogP contribution in [0.3, 0.4) is 0 Å². The Balaban J connectivity index is 1.85. The third kappa shape index (κ3) is 4.22. The maximum atomic E-state index is 13.7. The van der Waals surface area contributed by atoms with E-state index in [0.29, 0.717) is 12.0 Å². The van der Waals surface area contributed by atoms with Crippen molar-refractivity contribution in [2.75, 3.05) is 6.61 Å². The number of hydrogen-bond acceptors (Lipinski definition) is 4. The van der Waals surface area contributed by atoms with Crippen molar-refractivity contribution in [3.8, 4) is 5.75 Å². The number of alkyl halides is 3. The van der Waals surface area contributed by atoms with E-state index in [1.54, 1.807) is 0 Å². The highest BCUT2D eigenvalue weighted by Gasteiger charge is 2.40. The van der Waals surface area contributed by atoms with Gasteiger partial charge in [0.25, 0.3) is 0 Å². The minimum absolute atomic E-state index is 0.0789. The lowest BCUT2D eigenvalue weighted by molar-refractivity contribution is -0.139. The molecule has 0 amide bonds. The summed E-state index contributed by atoms with van der Waals surface area (Å²) < 4.78 is 46.8. The van der Waals surface area contributed by atoms with E-state index in [1.807, 2.05) is 0 Å². The predicted octanol–water partition coefficient (Wildman–Crippen LogP) is 4.11. The van der Waals surface area contributed by atoms with Crippen molar-refractivity contribution in [2.24, 2.45) is 5.92 Å². The Labute approximate surface area is 171 Å². The van der Waals surface area contributed by atoms with E-state index >= 15 is 0 Å². The largest absolute Gasteiger partial charge is 0.493 e. The number of halogens is 3. The maximum absolute atomic E-state index is 13.7. The number of rotatable bonds is 4. The first-order valence-corrected chi connectivity index (χ1v) is 9.97. The van der Waals surface area contributed by atoms with Gasteiger partial charge in [-0.15, -0.1) is 0 Å². The molecule has 2 saturated carbocycles. The molecule has 4 rings (SSSR count). The van der Waals surface area contributed by atoms with Gasteiger partial charge in [-0.1, -0.05) is 0 Å². The van der Waals surface area contributed by atoms with Gasteiger partial charge in [0.05, 0.1) is 12.2 Å². The normalized spacial score (nSPS) is 23.4. The number of ether oxygens (including phenoxy) is 1. The van der Waals surface area contributed by atoms with E-state index in [2.05, 4.69) is 5.32 Å². The van der Waals surface area contributed by atoms with E-state index in [9.17, 15) is 27.9 Å². The predicted molar refractivity (Wildman–Crippen MR) is 103 cm³/mol. The molecule has 2 fully saturated rings. The molecule has 1 aromatic rings. The molecule has 2 aliphatic carbocycles. The Morgan fingerprint density at radius 3 is 2.57 bits per heavy atom. The smallest absolute Gasteiger partial charge is 0.419 e. The number of carbonyl (C=O) groups is 2. The first-order valence-electron chi connectivity index (χ1n) is 9.97. The Morgan fingerprint density at radius 2 is 2.00 bits per heavy atom. The highest BCUT2D eigenvalue weighted by molar-refractivity contribution is 6.24. The van der Waals surface area contributed by atoms with Crippen LogP contribution in [-0.2, 0) is 22.2 Å². The number of ketones is 1. The van der Waals surface area contributed by atoms with Gasteiger partial charge >= 0.3 is 12.1 Å². The molecule has 0 radical (unpaired) electrons. The van der Waals surface area contributed by atoms with Crippen molar-refractivity contribution >= 4 is 17.8 Å². The van der Waals surface area contributed by atoms with Gasteiger partial charge in [0, 0.05) is 17.8 Å². The zero-order valence-corrected chi connectivity index (χ0v) is 16.2. The third-order valence-corrected chi connectivity index (χ3v) is 5.98. The fourth-order valence-electron chi connectivity index (χ4n) is 3.88. The summed E-state index contributed by atoms with van der Waals surface area (Å²) in [4.78, 5) is 23.9. The molecule has 0 saturated heterocycles. The van der Waals surface area contributed by atoms with Crippen molar-refractivity contribution in [2.45, 2.75) is 50.2 Å². The van der Waals surface area contributed by atoms with Gasteiger partial charge in [0.1, 0.15) is 11.3 Å². The second-order valence-corrected chi connectivity index (χ2v) is 8.32. The second kappa shape index (κ2) is 7.49. The number of carboxylic acids is 1. The van der Waals surface area contributed by atoms with Crippen LogP contribution in [-0.4, -0.2) is 29.0 Å². The topological polar surface area (TPSA) is 75.6 Å². The number of carboxylic acid groups (broad SMARTS) is 1. The molecule has 1 heterocycles. The van der Waals surface area contributed by atoms with Crippen molar-refractivity contribution in [1.29, 1.82) is 0 Å². The lowest BCUT2D eigenvalue weighted by atomic mass is 9.72. The summed E-state index contributed by atoms with van der Waals surface area (Å²) in [5, 5.41) is 12.6. The molecular weight excluding hydrogens is 399 g/mol. The number of carbonyl (C=O) groups excluding carboxylic acids is 1. The monoisotopic (exact) mass is 421 g/mol. The molecule has 160 valence electrons. The summed E-state index contributed by atoms with van der Waals surface area (Å²) in [6, 6.07) is 2.28. The number of nitrogens with one attached hydrogen (secondary N) is 1. The molecule has 1 spiro atoms. The van der Waals surface area contributed by atoms with Crippen LogP contribution in [0.5, 0.6) is 5.75 Å². The summed E-state index contributed by atoms with van der Waals surface area (Å²) >= 11 is 0. The fraction of sp³-hybridized carbons (Fsp3) is 0.455. The van der Waals surface area contributed by atoms with Crippen LogP contribution in [0.4, 0.5) is 13.2 Å². The SMILES string of the molecule is O=C(O)/C1=C/c2cc(C(F)(F)F)c(OCC3CC3)cc2CC2(CCC2)N/C=C\C1=O. The molecule has 0 atom stereocenters. The van der Waals surface area contributed by atoms with Gasteiger partial charge < -0.3 is 15.2 Å². The highest BCUT2D eigenvalue weighted by atomic mass is 19.4. The van der Waals surface area contributed by atoms with Gasteiger partial charge in [0.15, 0.2) is 5.78 Å². The zero-order chi connectivity index (χ0) is 21.5. The summed E-state index contributed by atoms with van der Waals surface area (Å²) in [6.45, 7) is 0.225. The van der Waals surface area contributed by atoms with Crippen LogP contribution in [0.25, 0.3) is 6.08 Å². The summed E-state index contributed by atoms with van der Waals surface area (Å²) in [6.07, 6.45) is 3.80. The van der Waals surface area contributed by atoms with Crippen molar-refractivity contribution < 1.29 is 32.6 Å². The molecule has 0 aromatic heterocycles. The summed E-state index contributed by atoms with van der Waals surface area (Å²) in [5.74, 6) is -2.23. The van der Waals surface area contributed by atoms with Crippen molar-refractivity contribution in [3.63, 3.8) is 0 Å². The summed E-state index contributed by atoms with van der Waals surface area (Å²) in [5.41, 5.74) is -1.30. The van der Waals surface area contributed by atoms with Gasteiger partial charge in [-0.05, 0) is 73.8 Å². The van der Waals surface area contributed by atoms with Crippen LogP contribution < -0.4 is 10.1 Å². The Kier molecular flexibility index (Phi) is 5.11. The van der Waals surface area contributed by atoms with Gasteiger partial charge in [-0.3, -0.25) is 4.79 Å². The fourth-order valence-corrected chi connectivity index (χ4v) is 3.88. The second-order valence-electron chi connectivity index (χ2n) is 8.32. The van der Waals surface area contributed by atoms with Crippen molar-refractivity contribution in [1.82, 2.24) is 5.32 Å². The van der Waals surface area contributed by atoms with E-state index in [4.69, 9.17) is 4.74 Å². The highest BCUT2D eigenvalue weighted by Crippen LogP contribution is 2.42. The number of fused-ring (bicyclic) bond motifs is 1. The quantitative estimate of drug-likeness (QED) is 0.716. The molecule has 0 unspecified atom stereocenters. The minimum Gasteiger partial charge on any atom is -0.493 e. The molecular formula is C22H22F3NO4. The van der Waals surface area contributed by atoms with Gasteiger partial charge in [-0.25, -0.2) is 4.79 Å². The van der Waals surface area contributed by atoms with Crippen LogP contribution in [0.1, 0.15) is 48.8 Å². The van der Waals surface area contributed by atoms with E-state index in [0.717, 1.165) is 50.3 Å². The average Bonchev–Trinajstić information content (AvgIpc) is 3.45. The first-order chi connectivity index (χ1) is 14.2. The number of aliphatic carboxylic acids is 1. The Bertz CT molecular complexity index is 940. The Hall–Kier alpha value is -2.77. The lowest BCUT2D eigenvalue weighted by Gasteiger charge is -2.43. The minimum atomic E-state index is -4.67. The van der Waals surface area contributed by atoms with Gasteiger partial charge in [-0.2, -0.15) is 13.2 Å². The number of allylic oxidation sites excluding steroid dienone is 1. The molecule has 5 nitrogen and oxygen atoms in total. The molecule has 8 heteroatoms. The van der Waals surface area contributed by atoms with E-state index in [-0.39, 0.29) is 29.4 Å². The molecule has 3 aliphatic rings. The number of benzene rings is 1. The van der Waals surface area contributed by atoms with E-state index in [1.165, 1.54) is 12.3 Å². The average molecular weight is 421 g/mol.